The average Bonchev–Trinajstić information content (AvgIpc) is 2.46. The van der Waals surface area contributed by atoms with Gasteiger partial charge in [0.15, 0.2) is 0 Å². The molecular weight excluding hydrogens is 354 g/mol. The predicted octanol–water partition coefficient (Wildman–Crippen LogP) is 2.39. The Morgan fingerprint density at radius 3 is 2.48 bits per heavy atom. The quantitative estimate of drug-likeness (QED) is 0.878. The molecular formula is C14H16BrN3O2S. The second kappa shape index (κ2) is 6.55. The van der Waals surface area contributed by atoms with E-state index < -0.39 is 10.0 Å². The van der Waals surface area contributed by atoms with Crippen LogP contribution in [0.25, 0.3) is 0 Å². The van der Waals surface area contributed by atoms with Gasteiger partial charge in [0.05, 0.1) is 4.90 Å². The molecule has 1 N–H and O–H groups in total. The van der Waals surface area contributed by atoms with Crippen molar-refractivity contribution < 1.29 is 8.42 Å². The first-order valence-electron chi connectivity index (χ1n) is 6.26. The Hall–Kier alpha value is -1.44. The third kappa shape index (κ3) is 4.26. The van der Waals surface area contributed by atoms with Gasteiger partial charge in [-0.25, -0.2) is 18.1 Å². The molecule has 0 bridgehead atoms. The molecule has 0 amide bonds. The zero-order valence-corrected chi connectivity index (χ0v) is 14.1. The van der Waals surface area contributed by atoms with E-state index in [-0.39, 0.29) is 11.4 Å². The molecule has 0 aliphatic carbocycles. The van der Waals surface area contributed by atoms with Gasteiger partial charge in [0, 0.05) is 31.3 Å². The van der Waals surface area contributed by atoms with Crippen LogP contribution >= 0.6 is 15.9 Å². The van der Waals surface area contributed by atoms with Crippen molar-refractivity contribution in [2.24, 2.45) is 0 Å². The SMILES string of the molecule is CN(C)c1cc(CNS(=O)(=O)c2ccc(Br)cc2)ccn1. The van der Waals surface area contributed by atoms with Crippen LogP contribution in [0.2, 0.25) is 0 Å². The van der Waals surface area contributed by atoms with Crippen molar-refractivity contribution in [3.05, 3.63) is 52.6 Å². The minimum Gasteiger partial charge on any atom is -0.363 e. The molecule has 0 aliphatic rings. The van der Waals surface area contributed by atoms with Crippen LogP contribution in [0.5, 0.6) is 0 Å². The van der Waals surface area contributed by atoms with Gasteiger partial charge in [-0.3, -0.25) is 0 Å². The molecule has 112 valence electrons. The molecule has 0 spiro atoms. The van der Waals surface area contributed by atoms with E-state index in [1.807, 2.05) is 25.1 Å². The van der Waals surface area contributed by atoms with Gasteiger partial charge in [0.25, 0.3) is 0 Å². The van der Waals surface area contributed by atoms with Gasteiger partial charge < -0.3 is 4.90 Å². The molecule has 5 nitrogen and oxygen atoms in total. The van der Waals surface area contributed by atoms with E-state index in [0.29, 0.717) is 0 Å². The minimum absolute atomic E-state index is 0.224. The summed E-state index contributed by atoms with van der Waals surface area (Å²) in [5.74, 6) is 0.787. The Bertz CT molecular complexity index is 715. The molecule has 0 aliphatic heterocycles. The zero-order chi connectivity index (χ0) is 15.5. The fourth-order valence-electron chi connectivity index (χ4n) is 1.69. The second-order valence-electron chi connectivity index (χ2n) is 4.70. The Kier molecular flexibility index (Phi) is 4.97. The summed E-state index contributed by atoms with van der Waals surface area (Å²) in [5.41, 5.74) is 0.856. The standard InChI is InChI=1S/C14H16BrN3O2S/c1-18(2)14-9-11(7-8-16-14)10-17-21(19,20)13-5-3-12(15)4-6-13/h3-9,17H,10H2,1-2H3. The van der Waals surface area contributed by atoms with Gasteiger partial charge in [-0.15, -0.1) is 0 Å². The lowest BCUT2D eigenvalue weighted by Crippen LogP contribution is -2.23. The Balaban J connectivity index is 2.11. The molecule has 0 atom stereocenters. The highest BCUT2D eigenvalue weighted by molar-refractivity contribution is 9.10. The van der Waals surface area contributed by atoms with Crippen LogP contribution in [0.3, 0.4) is 0 Å². The molecule has 0 saturated heterocycles. The van der Waals surface area contributed by atoms with Crippen molar-refractivity contribution in [1.29, 1.82) is 0 Å². The third-order valence-corrected chi connectivity index (χ3v) is 4.80. The number of anilines is 1. The molecule has 1 aromatic heterocycles. The lowest BCUT2D eigenvalue weighted by Gasteiger charge is -2.12. The van der Waals surface area contributed by atoms with Gasteiger partial charge in [-0.05, 0) is 42.0 Å². The van der Waals surface area contributed by atoms with Crippen LogP contribution in [-0.2, 0) is 16.6 Å². The molecule has 0 unspecified atom stereocenters. The maximum atomic E-state index is 12.2. The normalized spacial score (nSPS) is 11.4. The summed E-state index contributed by atoms with van der Waals surface area (Å²) in [6, 6.07) is 10.2. The topological polar surface area (TPSA) is 62.3 Å². The molecule has 2 rings (SSSR count). The zero-order valence-electron chi connectivity index (χ0n) is 11.7. The average molecular weight is 370 g/mol. The molecule has 1 heterocycles. The van der Waals surface area contributed by atoms with E-state index >= 15 is 0 Å². The summed E-state index contributed by atoms with van der Waals surface area (Å²) in [6.45, 7) is 0.224. The van der Waals surface area contributed by atoms with E-state index in [4.69, 9.17) is 0 Å². The van der Waals surface area contributed by atoms with Crippen molar-refractivity contribution in [2.75, 3.05) is 19.0 Å². The molecule has 0 fully saturated rings. The summed E-state index contributed by atoms with van der Waals surface area (Å²) >= 11 is 3.28. The van der Waals surface area contributed by atoms with Crippen LogP contribution in [0.15, 0.2) is 52.0 Å². The smallest absolute Gasteiger partial charge is 0.240 e. The fraction of sp³-hybridized carbons (Fsp3) is 0.214. The number of halogens is 1. The Morgan fingerprint density at radius 2 is 1.86 bits per heavy atom. The summed E-state index contributed by atoms with van der Waals surface area (Å²) in [4.78, 5) is 6.31. The van der Waals surface area contributed by atoms with Gasteiger partial charge >= 0.3 is 0 Å². The molecule has 2 aromatic rings. The lowest BCUT2D eigenvalue weighted by molar-refractivity contribution is 0.581. The highest BCUT2D eigenvalue weighted by Gasteiger charge is 2.13. The van der Waals surface area contributed by atoms with E-state index in [2.05, 4.69) is 25.6 Å². The Morgan fingerprint density at radius 1 is 1.19 bits per heavy atom. The number of benzene rings is 1. The predicted molar refractivity (Wildman–Crippen MR) is 86.7 cm³/mol. The van der Waals surface area contributed by atoms with Crippen molar-refractivity contribution in [3.8, 4) is 0 Å². The molecule has 7 heteroatoms. The number of hydrogen-bond donors (Lipinski definition) is 1. The number of pyridine rings is 1. The molecule has 0 radical (unpaired) electrons. The Labute approximate surface area is 133 Å². The second-order valence-corrected chi connectivity index (χ2v) is 7.38. The van der Waals surface area contributed by atoms with Gasteiger partial charge in [0.1, 0.15) is 5.82 Å². The number of sulfonamides is 1. The maximum Gasteiger partial charge on any atom is 0.240 e. The van der Waals surface area contributed by atoms with Crippen molar-refractivity contribution in [2.45, 2.75) is 11.4 Å². The van der Waals surface area contributed by atoms with Gasteiger partial charge in [-0.1, -0.05) is 15.9 Å². The number of hydrogen-bond acceptors (Lipinski definition) is 4. The van der Waals surface area contributed by atoms with E-state index in [1.54, 1.807) is 36.5 Å². The monoisotopic (exact) mass is 369 g/mol. The van der Waals surface area contributed by atoms with Crippen LogP contribution in [-0.4, -0.2) is 27.5 Å². The maximum absolute atomic E-state index is 12.2. The number of nitrogens with zero attached hydrogens (tertiary/aromatic N) is 2. The van der Waals surface area contributed by atoms with Crippen LogP contribution in [0, 0.1) is 0 Å². The highest BCUT2D eigenvalue weighted by atomic mass is 79.9. The first kappa shape index (κ1) is 15.9. The van der Waals surface area contributed by atoms with Crippen molar-refractivity contribution in [3.63, 3.8) is 0 Å². The van der Waals surface area contributed by atoms with E-state index in [9.17, 15) is 8.42 Å². The number of nitrogens with one attached hydrogen (secondary N) is 1. The third-order valence-electron chi connectivity index (χ3n) is 2.86. The molecule has 21 heavy (non-hydrogen) atoms. The van der Waals surface area contributed by atoms with Gasteiger partial charge in [0.2, 0.25) is 10.0 Å². The van der Waals surface area contributed by atoms with Crippen LogP contribution < -0.4 is 9.62 Å². The number of rotatable bonds is 5. The summed E-state index contributed by atoms with van der Waals surface area (Å²) in [7, 11) is 0.261. The van der Waals surface area contributed by atoms with Crippen LogP contribution in [0.1, 0.15) is 5.56 Å². The van der Waals surface area contributed by atoms with E-state index in [1.165, 1.54) is 0 Å². The summed E-state index contributed by atoms with van der Waals surface area (Å²) in [5, 5.41) is 0. The summed E-state index contributed by atoms with van der Waals surface area (Å²) < 4.78 is 27.8. The van der Waals surface area contributed by atoms with Gasteiger partial charge in [-0.2, -0.15) is 0 Å². The fourth-order valence-corrected chi connectivity index (χ4v) is 2.97. The largest absolute Gasteiger partial charge is 0.363 e. The first-order valence-corrected chi connectivity index (χ1v) is 8.53. The highest BCUT2D eigenvalue weighted by Crippen LogP contribution is 2.15. The van der Waals surface area contributed by atoms with Crippen molar-refractivity contribution >= 4 is 31.8 Å². The minimum atomic E-state index is -3.51. The lowest BCUT2D eigenvalue weighted by atomic mass is 10.2. The first-order chi connectivity index (χ1) is 9.88. The van der Waals surface area contributed by atoms with E-state index in [0.717, 1.165) is 15.9 Å². The van der Waals surface area contributed by atoms with Crippen molar-refractivity contribution in [1.82, 2.24) is 9.71 Å². The molecule has 1 aromatic carbocycles. The van der Waals surface area contributed by atoms with Crippen LogP contribution in [0.4, 0.5) is 5.82 Å². The summed E-state index contributed by atoms with van der Waals surface area (Å²) in [6.07, 6.45) is 1.67. The number of aromatic nitrogens is 1. The molecule has 0 saturated carbocycles.